The molecule has 1 heterocycles. The Morgan fingerprint density at radius 3 is 2.06 bits per heavy atom. The van der Waals surface area contributed by atoms with Crippen molar-refractivity contribution in [2.75, 3.05) is 6.61 Å². The molecular formula is C25H24F6OS2. The summed E-state index contributed by atoms with van der Waals surface area (Å²) in [6.45, 7) is 6.03. The Morgan fingerprint density at radius 1 is 0.941 bits per heavy atom. The van der Waals surface area contributed by atoms with Gasteiger partial charge in [0, 0.05) is 14.7 Å². The van der Waals surface area contributed by atoms with E-state index >= 15 is 13.2 Å². The highest BCUT2D eigenvalue weighted by Gasteiger charge is 2.67. The minimum Gasteiger partial charge on any atom is -0.489 e. The maximum atomic E-state index is 15.3. The second kappa shape index (κ2) is 9.57. The van der Waals surface area contributed by atoms with Crippen LogP contribution in [-0.2, 0) is 10.2 Å². The fourth-order valence-corrected chi connectivity index (χ4v) is 6.66. The lowest BCUT2D eigenvalue weighted by molar-refractivity contribution is -0.169. The molecule has 9 heteroatoms. The summed E-state index contributed by atoms with van der Waals surface area (Å²) in [5.41, 5.74) is -4.00. The van der Waals surface area contributed by atoms with Gasteiger partial charge in [-0.2, -0.15) is 26.3 Å². The fourth-order valence-electron chi connectivity index (χ4n) is 3.70. The van der Waals surface area contributed by atoms with Gasteiger partial charge < -0.3 is 4.74 Å². The van der Waals surface area contributed by atoms with Crippen molar-refractivity contribution in [1.29, 1.82) is 0 Å². The lowest BCUT2D eigenvalue weighted by atomic mass is 9.76. The van der Waals surface area contributed by atoms with Gasteiger partial charge in [0.25, 0.3) is 0 Å². The third kappa shape index (κ3) is 5.15. The Bertz CT molecular complexity index is 1080. The molecule has 184 valence electrons. The molecule has 0 aromatic heterocycles. The first kappa shape index (κ1) is 26.6. The van der Waals surface area contributed by atoms with Gasteiger partial charge >= 0.3 is 12.4 Å². The first-order valence-corrected chi connectivity index (χ1v) is 12.1. The number of allylic oxidation sites excluding steroid dienone is 4. The molecule has 0 fully saturated rings. The van der Waals surface area contributed by atoms with Gasteiger partial charge in [-0.15, -0.1) is 0 Å². The standard InChI is InChI=1S/C25H24F6OS2/c1-5-32-20(24(26,27)28)21(33-16-11-7-6-8-12-16)23(25(29,30)31)17-13-9-10-14-18(17)34-19(23)15-22(2,3)4/h6-15H,5H2,1-4H3/b19-15-,21-20+. The third-order valence-corrected chi connectivity index (χ3v) is 7.35. The van der Waals surface area contributed by atoms with Crippen molar-refractivity contribution < 1.29 is 31.1 Å². The highest BCUT2D eigenvalue weighted by atomic mass is 32.2. The van der Waals surface area contributed by atoms with Gasteiger partial charge in [-0.25, -0.2) is 0 Å². The summed E-state index contributed by atoms with van der Waals surface area (Å²) in [4.78, 5) is -0.645. The average Bonchev–Trinajstić information content (AvgIpc) is 3.03. The zero-order valence-electron chi connectivity index (χ0n) is 19.0. The van der Waals surface area contributed by atoms with E-state index < -0.39 is 40.5 Å². The van der Waals surface area contributed by atoms with Gasteiger partial charge in [-0.1, -0.05) is 86.8 Å². The van der Waals surface area contributed by atoms with E-state index in [4.69, 9.17) is 4.74 Å². The van der Waals surface area contributed by atoms with Crippen LogP contribution in [0.3, 0.4) is 0 Å². The molecule has 1 atom stereocenters. The lowest BCUT2D eigenvalue weighted by Gasteiger charge is -2.38. The molecule has 0 saturated heterocycles. The Labute approximate surface area is 203 Å². The monoisotopic (exact) mass is 518 g/mol. The number of thioether (sulfide) groups is 2. The summed E-state index contributed by atoms with van der Waals surface area (Å²) in [5, 5.41) is 0. The molecule has 0 radical (unpaired) electrons. The summed E-state index contributed by atoms with van der Waals surface area (Å²) >= 11 is 1.29. The van der Waals surface area contributed by atoms with Crippen molar-refractivity contribution in [2.24, 2.45) is 5.41 Å². The summed E-state index contributed by atoms with van der Waals surface area (Å²) in [5.74, 6) is -1.63. The highest BCUT2D eigenvalue weighted by molar-refractivity contribution is 8.04. The number of fused-ring (bicyclic) bond motifs is 1. The van der Waals surface area contributed by atoms with Crippen LogP contribution in [0, 0.1) is 5.41 Å². The van der Waals surface area contributed by atoms with Crippen LogP contribution >= 0.6 is 23.5 Å². The lowest BCUT2D eigenvalue weighted by Crippen LogP contribution is -2.44. The van der Waals surface area contributed by atoms with Crippen LogP contribution in [0.15, 0.2) is 86.0 Å². The molecule has 1 nitrogen and oxygen atoms in total. The van der Waals surface area contributed by atoms with Crippen LogP contribution < -0.4 is 0 Å². The second-order valence-electron chi connectivity index (χ2n) is 8.72. The summed E-state index contributed by atoms with van der Waals surface area (Å²) in [7, 11) is 0. The highest BCUT2D eigenvalue weighted by Crippen LogP contribution is 2.67. The van der Waals surface area contributed by atoms with E-state index in [0.29, 0.717) is 11.8 Å². The van der Waals surface area contributed by atoms with Crippen LogP contribution in [0.25, 0.3) is 0 Å². The Hall–Kier alpha value is -2.00. The van der Waals surface area contributed by atoms with Crippen molar-refractivity contribution in [2.45, 2.75) is 55.3 Å². The predicted octanol–water partition coefficient (Wildman–Crippen LogP) is 9.13. The quantitative estimate of drug-likeness (QED) is 0.222. The number of hydrogen-bond acceptors (Lipinski definition) is 3. The normalized spacial score (nSPS) is 20.8. The van der Waals surface area contributed by atoms with Crippen molar-refractivity contribution in [3.63, 3.8) is 0 Å². The van der Waals surface area contributed by atoms with Crippen LogP contribution in [0.1, 0.15) is 33.3 Å². The Balaban J connectivity index is 2.52. The van der Waals surface area contributed by atoms with Crippen LogP contribution in [0.2, 0.25) is 0 Å². The topological polar surface area (TPSA) is 9.23 Å². The maximum Gasteiger partial charge on any atom is 0.449 e. The van der Waals surface area contributed by atoms with Crippen LogP contribution in [0.4, 0.5) is 26.3 Å². The Morgan fingerprint density at radius 2 is 1.53 bits per heavy atom. The molecule has 2 aromatic carbocycles. The van der Waals surface area contributed by atoms with Gasteiger partial charge in [-0.05, 0) is 36.1 Å². The van der Waals surface area contributed by atoms with Gasteiger partial charge in [0.2, 0.25) is 5.76 Å². The minimum absolute atomic E-state index is 0.214. The number of halogens is 6. The molecule has 1 unspecified atom stereocenters. The molecule has 3 rings (SSSR count). The smallest absolute Gasteiger partial charge is 0.449 e. The molecule has 0 N–H and O–H groups in total. The molecular weight excluding hydrogens is 494 g/mol. The van der Waals surface area contributed by atoms with Gasteiger partial charge in [-0.3, -0.25) is 0 Å². The van der Waals surface area contributed by atoms with Gasteiger partial charge in [0.05, 0.1) is 11.5 Å². The Kier molecular flexibility index (Phi) is 7.49. The van der Waals surface area contributed by atoms with Gasteiger partial charge in [0.15, 0.2) is 5.41 Å². The van der Waals surface area contributed by atoms with Crippen molar-refractivity contribution in [3.05, 3.63) is 81.8 Å². The van der Waals surface area contributed by atoms with Gasteiger partial charge in [0.1, 0.15) is 0 Å². The number of ether oxygens (including phenoxy) is 1. The van der Waals surface area contributed by atoms with E-state index in [2.05, 4.69) is 0 Å². The zero-order valence-corrected chi connectivity index (χ0v) is 20.6. The van der Waals surface area contributed by atoms with E-state index in [0.717, 1.165) is 11.8 Å². The maximum absolute atomic E-state index is 15.3. The minimum atomic E-state index is -5.14. The molecule has 0 aliphatic carbocycles. The molecule has 0 bridgehead atoms. The first-order chi connectivity index (χ1) is 15.7. The van der Waals surface area contributed by atoms with E-state index in [1.807, 2.05) is 0 Å². The average molecular weight is 519 g/mol. The van der Waals surface area contributed by atoms with Crippen LogP contribution in [0.5, 0.6) is 0 Å². The van der Waals surface area contributed by atoms with Crippen molar-refractivity contribution >= 4 is 23.5 Å². The number of benzene rings is 2. The van der Waals surface area contributed by atoms with Crippen LogP contribution in [-0.4, -0.2) is 19.0 Å². The number of rotatable bonds is 5. The van der Waals surface area contributed by atoms with Crippen molar-refractivity contribution in [1.82, 2.24) is 0 Å². The summed E-state index contributed by atoms with van der Waals surface area (Å²) in [6.07, 6.45) is -8.81. The molecule has 0 saturated carbocycles. The molecule has 1 aliphatic rings. The molecule has 34 heavy (non-hydrogen) atoms. The second-order valence-corrected chi connectivity index (χ2v) is 10.9. The van der Waals surface area contributed by atoms with E-state index in [1.165, 1.54) is 43.3 Å². The largest absolute Gasteiger partial charge is 0.489 e. The predicted molar refractivity (Wildman–Crippen MR) is 125 cm³/mol. The van der Waals surface area contributed by atoms with Crippen molar-refractivity contribution in [3.8, 4) is 0 Å². The zero-order chi connectivity index (χ0) is 25.4. The molecule has 0 spiro atoms. The molecule has 2 aromatic rings. The number of alkyl halides is 6. The first-order valence-electron chi connectivity index (χ1n) is 10.5. The molecule has 0 amide bonds. The van der Waals surface area contributed by atoms with E-state index in [-0.39, 0.29) is 20.3 Å². The van der Waals surface area contributed by atoms with E-state index in [1.54, 1.807) is 45.0 Å². The summed E-state index contributed by atoms with van der Waals surface area (Å²) < 4.78 is 93.9. The summed E-state index contributed by atoms with van der Waals surface area (Å²) in [6, 6.07) is 13.5. The third-order valence-electron chi connectivity index (χ3n) is 4.93. The SMILES string of the molecule is CCO/C(=C(/Sc1ccccc1)C1(C(F)(F)F)/C(=C/C(C)(C)C)Sc2ccccc21)C(F)(F)F. The number of hydrogen-bond donors (Lipinski definition) is 0. The molecule has 1 aliphatic heterocycles. The van der Waals surface area contributed by atoms with E-state index in [9.17, 15) is 13.2 Å². The fraction of sp³-hybridized carbons (Fsp3) is 0.360.